The number of hydrogen-bond donors (Lipinski definition) is 0. The van der Waals surface area contributed by atoms with E-state index in [-0.39, 0.29) is 4.90 Å². The van der Waals surface area contributed by atoms with Crippen LogP contribution in [0.25, 0.3) is 0 Å². The number of para-hydroxylation sites is 1. The van der Waals surface area contributed by atoms with E-state index >= 15 is 0 Å². The lowest BCUT2D eigenvalue weighted by Crippen LogP contribution is -2.14. The summed E-state index contributed by atoms with van der Waals surface area (Å²) in [6.07, 6.45) is 1.42. The SMILES string of the molecule is C=CC(C)S(=O)(=O)c1ccc(Oc2ccccc2)cc1. The van der Waals surface area contributed by atoms with Gasteiger partial charge in [0.1, 0.15) is 11.5 Å². The molecule has 0 aliphatic carbocycles. The van der Waals surface area contributed by atoms with E-state index in [2.05, 4.69) is 6.58 Å². The molecule has 0 bridgehead atoms. The fraction of sp³-hybridized carbons (Fsp3) is 0.125. The summed E-state index contributed by atoms with van der Waals surface area (Å²) in [6.45, 7) is 5.13. The molecule has 104 valence electrons. The molecule has 0 amide bonds. The van der Waals surface area contributed by atoms with Crippen molar-refractivity contribution in [1.29, 1.82) is 0 Å². The Balaban J connectivity index is 2.21. The molecule has 1 atom stereocenters. The van der Waals surface area contributed by atoms with Crippen molar-refractivity contribution in [2.75, 3.05) is 0 Å². The molecule has 0 heterocycles. The summed E-state index contributed by atoms with van der Waals surface area (Å²) in [6, 6.07) is 15.7. The van der Waals surface area contributed by atoms with Gasteiger partial charge >= 0.3 is 0 Å². The van der Waals surface area contributed by atoms with Crippen LogP contribution >= 0.6 is 0 Å². The van der Waals surface area contributed by atoms with Crippen molar-refractivity contribution in [2.45, 2.75) is 17.1 Å². The molecule has 2 rings (SSSR count). The molecule has 2 aromatic rings. The zero-order valence-electron chi connectivity index (χ0n) is 11.2. The second kappa shape index (κ2) is 5.92. The van der Waals surface area contributed by atoms with Gasteiger partial charge in [0.2, 0.25) is 0 Å². The average molecular weight is 288 g/mol. The number of sulfone groups is 1. The molecule has 0 aromatic heterocycles. The van der Waals surface area contributed by atoms with E-state index in [9.17, 15) is 8.42 Å². The van der Waals surface area contributed by atoms with Crippen LogP contribution in [0.4, 0.5) is 0 Å². The number of benzene rings is 2. The van der Waals surface area contributed by atoms with Crippen molar-refractivity contribution in [3.05, 3.63) is 67.3 Å². The molecule has 0 aliphatic rings. The lowest BCUT2D eigenvalue weighted by Gasteiger charge is -2.10. The highest BCUT2D eigenvalue weighted by atomic mass is 32.2. The Bertz CT molecular complexity index is 673. The van der Waals surface area contributed by atoms with Crippen molar-refractivity contribution in [3.8, 4) is 11.5 Å². The van der Waals surface area contributed by atoms with Gasteiger partial charge in [0.05, 0.1) is 10.1 Å². The number of hydrogen-bond acceptors (Lipinski definition) is 3. The zero-order chi connectivity index (χ0) is 14.6. The molecule has 0 N–H and O–H groups in total. The summed E-state index contributed by atoms with van der Waals surface area (Å²) in [5, 5.41) is -0.608. The Morgan fingerprint density at radius 1 is 1.00 bits per heavy atom. The van der Waals surface area contributed by atoms with Crippen LogP contribution in [0.15, 0.2) is 72.1 Å². The third-order valence-corrected chi connectivity index (χ3v) is 5.05. The van der Waals surface area contributed by atoms with Gasteiger partial charge in [-0.05, 0) is 43.3 Å². The van der Waals surface area contributed by atoms with E-state index < -0.39 is 15.1 Å². The summed E-state index contributed by atoms with van der Waals surface area (Å²) < 4.78 is 29.9. The fourth-order valence-corrected chi connectivity index (χ4v) is 2.86. The van der Waals surface area contributed by atoms with Crippen LogP contribution in [0.1, 0.15) is 6.92 Å². The summed E-state index contributed by atoms with van der Waals surface area (Å²) in [4.78, 5) is 0.269. The molecular weight excluding hydrogens is 272 g/mol. The number of rotatable bonds is 5. The van der Waals surface area contributed by atoms with E-state index in [1.54, 1.807) is 31.2 Å². The quantitative estimate of drug-likeness (QED) is 0.785. The first-order chi connectivity index (χ1) is 9.54. The second-order valence-corrected chi connectivity index (χ2v) is 6.68. The van der Waals surface area contributed by atoms with Crippen molar-refractivity contribution < 1.29 is 13.2 Å². The predicted octanol–water partition coefficient (Wildman–Crippen LogP) is 3.83. The molecular formula is C16H16O3S. The predicted molar refractivity (Wildman–Crippen MR) is 79.8 cm³/mol. The van der Waals surface area contributed by atoms with Crippen LogP contribution in [0.5, 0.6) is 11.5 Å². The van der Waals surface area contributed by atoms with Crippen molar-refractivity contribution in [3.63, 3.8) is 0 Å². The van der Waals surface area contributed by atoms with Crippen LogP contribution in [0.2, 0.25) is 0 Å². The van der Waals surface area contributed by atoms with Crippen LogP contribution in [0, 0.1) is 0 Å². The van der Waals surface area contributed by atoms with E-state index in [1.807, 2.05) is 30.3 Å². The van der Waals surface area contributed by atoms with Crippen LogP contribution in [0.3, 0.4) is 0 Å². The summed E-state index contributed by atoms with van der Waals surface area (Å²) in [7, 11) is -3.35. The van der Waals surface area contributed by atoms with Gasteiger partial charge in [-0.25, -0.2) is 8.42 Å². The van der Waals surface area contributed by atoms with Gasteiger partial charge in [-0.2, -0.15) is 0 Å². The maximum atomic E-state index is 12.1. The Kier molecular flexibility index (Phi) is 4.25. The largest absolute Gasteiger partial charge is 0.457 e. The monoisotopic (exact) mass is 288 g/mol. The Labute approximate surface area is 119 Å². The van der Waals surface area contributed by atoms with E-state index in [1.165, 1.54) is 6.08 Å². The van der Waals surface area contributed by atoms with Crippen LogP contribution < -0.4 is 4.74 Å². The first-order valence-corrected chi connectivity index (χ1v) is 7.78. The molecule has 0 radical (unpaired) electrons. The molecule has 0 saturated heterocycles. The molecule has 4 heteroatoms. The fourth-order valence-electron chi connectivity index (χ4n) is 1.66. The normalized spacial score (nSPS) is 12.7. The van der Waals surface area contributed by atoms with Gasteiger partial charge in [0.25, 0.3) is 0 Å². The molecule has 2 aromatic carbocycles. The molecule has 0 spiro atoms. The van der Waals surface area contributed by atoms with E-state index in [4.69, 9.17) is 4.74 Å². The minimum absolute atomic E-state index is 0.269. The Morgan fingerprint density at radius 3 is 2.10 bits per heavy atom. The zero-order valence-corrected chi connectivity index (χ0v) is 12.0. The highest BCUT2D eigenvalue weighted by molar-refractivity contribution is 7.92. The summed E-state index contributed by atoms with van der Waals surface area (Å²) in [5.74, 6) is 1.31. The molecule has 0 saturated carbocycles. The Hall–Kier alpha value is -2.07. The highest BCUT2D eigenvalue weighted by Gasteiger charge is 2.20. The van der Waals surface area contributed by atoms with Gasteiger partial charge in [-0.1, -0.05) is 24.3 Å². The lowest BCUT2D eigenvalue weighted by molar-refractivity contribution is 0.482. The molecule has 1 unspecified atom stereocenters. The second-order valence-electron chi connectivity index (χ2n) is 4.37. The first kappa shape index (κ1) is 14.3. The highest BCUT2D eigenvalue weighted by Crippen LogP contribution is 2.24. The van der Waals surface area contributed by atoms with Crippen LogP contribution in [-0.4, -0.2) is 13.7 Å². The molecule has 3 nitrogen and oxygen atoms in total. The minimum atomic E-state index is -3.35. The summed E-state index contributed by atoms with van der Waals surface area (Å²) >= 11 is 0. The van der Waals surface area contributed by atoms with Crippen molar-refractivity contribution in [2.24, 2.45) is 0 Å². The van der Waals surface area contributed by atoms with E-state index in [0.717, 1.165) is 0 Å². The van der Waals surface area contributed by atoms with Crippen molar-refractivity contribution >= 4 is 9.84 Å². The lowest BCUT2D eigenvalue weighted by atomic mass is 10.3. The minimum Gasteiger partial charge on any atom is -0.457 e. The molecule has 0 fully saturated rings. The van der Waals surface area contributed by atoms with Crippen LogP contribution in [-0.2, 0) is 9.84 Å². The smallest absolute Gasteiger partial charge is 0.184 e. The Morgan fingerprint density at radius 2 is 1.55 bits per heavy atom. The van der Waals surface area contributed by atoms with Crippen molar-refractivity contribution in [1.82, 2.24) is 0 Å². The number of ether oxygens (including phenoxy) is 1. The molecule has 20 heavy (non-hydrogen) atoms. The first-order valence-electron chi connectivity index (χ1n) is 6.23. The maximum absolute atomic E-state index is 12.1. The maximum Gasteiger partial charge on any atom is 0.184 e. The third kappa shape index (κ3) is 3.08. The van der Waals surface area contributed by atoms with Gasteiger partial charge in [0, 0.05) is 0 Å². The standard InChI is InChI=1S/C16H16O3S/c1-3-13(2)20(17,18)16-11-9-15(10-12-16)19-14-7-5-4-6-8-14/h3-13H,1H2,2H3. The summed E-state index contributed by atoms with van der Waals surface area (Å²) in [5.41, 5.74) is 0. The third-order valence-electron chi connectivity index (χ3n) is 2.95. The topological polar surface area (TPSA) is 43.4 Å². The van der Waals surface area contributed by atoms with Gasteiger partial charge < -0.3 is 4.74 Å². The molecule has 0 aliphatic heterocycles. The van der Waals surface area contributed by atoms with E-state index in [0.29, 0.717) is 11.5 Å². The average Bonchev–Trinajstić information content (AvgIpc) is 2.48. The van der Waals surface area contributed by atoms with Gasteiger partial charge in [-0.3, -0.25) is 0 Å². The van der Waals surface area contributed by atoms with Gasteiger partial charge in [-0.15, -0.1) is 6.58 Å². The van der Waals surface area contributed by atoms with Gasteiger partial charge in [0.15, 0.2) is 9.84 Å².